The fraction of sp³-hybridized carbons (Fsp3) is 0. The molecule has 0 saturated carbocycles. The molecule has 8 bridgehead atoms. The van der Waals surface area contributed by atoms with Crippen LogP contribution in [0.25, 0.3) is 46.4 Å². The van der Waals surface area contributed by atoms with E-state index in [2.05, 4.69) is 44.2 Å². The van der Waals surface area contributed by atoms with Gasteiger partial charge in [-0.25, -0.2) is 9.97 Å². The molecule has 0 spiro atoms. The van der Waals surface area contributed by atoms with Gasteiger partial charge in [0.05, 0.1) is 22.8 Å². The number of nitrogens with one attached hydrogen (secondary N) is 2. The monoisotopic (exact) mass is 479 g/mol. The van der Waals surface area contributed by atoms with Crippen LogP contribution in [-0.2, 0) is 17.1 Å². The first-order valence-electron chi connectivity index (χ1n) is 7.85. The number of hydrogen-bond acceptors (Lipinski definition) is 2. The first kappa shape index (κ1) is 21.5. The second-order valence-corrected chi connectivity index (χ2v) is 5.91. The number of aromatic nitrogens is 4. The summed E-state index contributed by atoms with van der Waals surface area (Å²) < 4.78 is 0. The van der Waals surface area contributed by atoms with Gasteiger partial charge >= 0.3 is 19.8 Å². The molecule has 1 radical (unpaired) electrons. The van der Waals surface area contributed by atoms with E-state index in [-0.39, 0.29) is 46.8 Å². The zero-order chi connectivity index (χ0) is 15.9. The Hall–Kier alpha value is -1.81. The van der Waals surface area contributed by atoms with Crippen molar-refractivity contribution in [3.8, 4) is 0 Å². The van der Waals surface area contributed by atoms with E-state index in [1.807, 2.05) is 48.6 Å². The Labute approximate surface area is 183 Å². The fourth-order valence-electron chi connectivity index (χ4n) is 2.94. The van der Waals surface area contributed by atoms with Crippen LogP contribution in [0.5, 0.6) is 0 Å². The van der Waals surface area contributed by atoms with Crippen LogP contribution in [-0.4, -0.2) is 39.7 Å². The molecule has 27 heavy (non-hydrogen) atoms. The summed E-state index contributed by atoms with van der Waals surface area (Å²) in [6.45, 7) is 0. The summed E-state index contributed by atoms with van der Waals surface area (Å²) in [7, 11) is 0. The topological polar surface area (TPSA) is 57.4 Å². The number of fused-ring (bicyclic) bond motifs is 8. The molecule has 3 aromatic heterocycles. The van der Waals surface area contributed by atoms with Gasteiger partial charge in [-0.15, -0.1) is 0 Å². The molecule has 0 fully saturated rings. The molecular formula is C20H20CuGaN4P. The van der Waals surface area contributed by atoms with Gasteiger partial charge in [-0.3, -0.25) is 0 Å². The summed E-state index contributed by atoms with van der Waals surface area (Å²) in [4.78, 5) is 16.0. The van der Waals surface area contributed by atoms with Gasteiger partial charge in [0.1, 0.15) is 0 Å². The Bertz CT molecular complexity index is 1000. The number of nitrogens with zero attached hydrogens (tertiary/aromatic N) is 2. The van der Waals surface area contributed by atoms with E-state index in [1.54, 1.807) is 0 Å². The van der Waals surface area contributed by atoms with E-state index in [1.165, 1.54) is 0 Å². The molecule has 139 valence electrons. The maximum atomic E-state index is 4.63. The molecule has 7 heteroatoms. The molecule has 2 aliphatic rings. The minimum atomic E-state index is 0. The Balaban J connectivity index is 0.000000871. The van der Waals surface area contributed by atoms with Gasteiger partial charge in [-0.05, 0) is 72.8 Å². The fourth-order valence-corrected chi connectivity index (χ4v) is 2.94. The molecule has 1 unspecified atom stereocenters. The van der Waals surface area contributed by atoms with Gasteiger partial charge in [0, 0.05) is 39.1 Å². The summed E-state index contributed by atoms with van der Waals surface area (Å²) >= 11 is 0. The van der Waals surface area contributed by atoms with Crippen molar-refractivity contribution in [1.82, 2.24) is 19.9 Å². The van der Waals surface area contributed by atoms with Crippen molar-refractivity contribution < 1.29 is 17.1 Å². The maximum absolute atomic E-state index is 4.63. The van der Waals surface area contributed by atoms with E-state index < -0.39 is 0 Å². The van der Waals surface area contributed by atoms with E-state index in [0.29, 0.717) is 0 Å². The summed E-state index contributed by atoms with van der Waals surface area (Å²) in [6.07, 6.45) is 8.09. The summed E-state index contributed by atoms with van der Waals surface area (Å²) in [5, 5.41) is 0. The first-order valence-corrected chi connectivity index (χ1v) is 7.85. The van der Waals surface area contributed by atoms with Crippen molar-refractivity contribution in [2.45, 2.75) is 0 Å². The van der Waals surface area contributed by atoms with Gasteiger partial charge in [0.15, 0.2) is 0 Å². The Kier molecular flexibility index (Phi) is 7.10. The second kappa shape index (κ2) is 8.92. The molecule has 4 nitrogen and oxygen atoms in total. The van der Waals surface area contributed by atoms with Gasteiger partial charge in [-0.1, -0.05) is 0 Å². The molecule has 0 amide bonds. The SMILES string of the molecule is C1=Cc2cc3ccc(cc4nc(cc5ccc(cc1n2)[nH]5)C=C4)[nH]3.P.[Cu].[GaH3]. The molecule has 0 saturated heterocycles. The van der Waals surface area contributed by atoms with E-state index in [0.717, 1.165) is 44.8 Å². The normalized spacial score (nSPS) is 11.3. The molecule has 0 aromatic carbocycles. The molecule has 0 aliphatic carbocycles. The number of hydrogen-bond donors (Lipinski definition) is 2. The Morgan fingerprint density at radius 3 is 1.04 bits per heavy atom. The van der Waals surface area contributed by atoms with Gasteiger partial charge in [0.2, 0.25) is 0 Å². The van der Waals surface area contributed by atoms with Crippen LogP contribution in [0.4, 0.5) is 0 Å². The second-order valence-electron chi connectivity index (χ2n) is 5.91. The molecular weight excluding hydrogens is 460 g/mol. The third kappa shape index (κ3) is 4.73. The van der Waals surface area contributed by atoms with Crippen LogP contribution in [0, 0.1) is 0 Å². The standard InChI is InChI=1S/C20H14N4.Cu.Ga.H3P.3H/c1-2-14-10-16-5-6-18(23-16)12-20-8-7-19(24-20)11-17-4-3-15(22-17)9-13(1)21-14;;;;;;/h1-12,21,24H;;;1H3;;;. The van der Waals surface area contributed by atoms with Crippen molar-refractivity contribution in [1.29, 1.82) is 0 Å². The summed E-state index contributed by atoms with van der Waals surface area (Å²) in [6, 6.07) is 16.4. The van der Waals surface area contributed by atoms with Crippen LogP contribution >= 0.6 is 9.90 Å². The molecule has 5 rings (SSSR count). The average molecular weight is 481 g/mol. The molecule has 5 heterocycles. The van der Waals surface area contributed by atoms with Gasteiger partial charge in [-0.2, -0.15) is 9.90 Å². The average Bonchev–Trinajstić information content (AvgIpc) is 3.32. The number of rotatable bonds is 0. The van der Waals surface area contributed by atoms with Gasteiger partial charge in [0.25, 0.3) is 0 Å². The van der Waals surface area contributed by atoms with Crippen LogP contribution in [0.2, 0.25) is 0 Å². The minimum absolute atomic E-state index is 0. The van der Waals surface area contributed by atoms with Crippen molar-refractivity contribution in [2.75, 3.05) is 0 Å². The molecule has 1 atom stereocenters. The van der Waals surface area contributed by atoms with E-state index >= 15 is 0 Å². The third-order valence-corrected chi connectivity index (χ3v) is 4.04. The van der Waals surface area contributed by atoms with Crippen LogP contribution in [0.15, 0.2) is 48.5 Å². The van der Waals surface area contributed by atoms with Crippen LogP contribution in [0.3, 0.4) is 0 Å². The predicted molar refractivity (Wildman–Crippen MR) is 120 cm³/mol. The van der Waals surface area contributed by atoms with Crippen LogP contribution in [0.1, 0.15) is 22.8 Å². The molecule has 2 N–H and O–H groups in total. The van der Waals surface area contributed by atoms with Gasteiger partial charge < -0.3 is 9.97 Å². The Morgan fingerprint density at radius 2 is 0.778 bits per heavy atom. The predicted octanol–water partition coefficient (Wildman–Crippen LogP) is 3.53. The van der Waals surface area contributed by atoms with Crippen molar-refractivity contribution >= 4 is 76.1 Å². The number of H-pyrrole nitrogens is 2. The third-order valence-electron chi connectivity index (χ3n) is 4.04. The zero-order valence-electron chi connectivity index (χ0n) is 13.8. The number of aromatic amines is 2. The zero-order valence-corrected chi connectivity index (χ0v) is 16.2. The van der Waals surface area contributed by atoms with Crippen molar-refractivity contribution in [3.05, 3.63) is 71.3 Å². The Morgan fingerprint density at radius 1 is 0.519 bits per heavy atom. The quantitative estimate of drug-likeness (QED) is 0.263. The van der Waals surface area contributed by atoms with E-state index in [4.69, 9.17) is 0 Å². The summed E-state index contributed by atoms with van der Waals surface area (Å²) in [5.74, 6) is 0. The van der Waals surface area contributed by atoms with Crippen molar-refractivity contribution in [2.24, 2.45) is 0 Å². The summed E-state index contributed by atoms with van der Waals surface area (Å²) in [5.41, 5.74) is 7.86. The van der Waals surface area contributed by atoms with Crippen LogP contribution < -0.4 is 0 Å². The molecule has 2 aliphatic heterocycles. The molecule has 3 aromatic rings. The first-order chi connectivity index (χ1) is 11.8. The van der Waals surface area contributed by atoms with Crippen molar-refractivity contribution in [3.63, 3.8) is 0 Å². The van der Waals surface area contributed by atoms with E-state index in [9.17, 15) is 0 Å².